The van der Waals surface area contributed by atoms with Crippen LogP contribution in [0.5, 0.6) is 0 Å². The zero-order chi connectivity index (χ0) is 8.32. The van der Waals surface area contributed by atoms with E-state index in [0.717, 1.165) is 12.8 Å². The van der Waals surface area contributed by atoms with Gasteiger partial charge in [0.2, 0.25) is 0 Å². The Balaban J connectivity index is 2.62. The van der Waals surface area contributed by atoms with Crippen molar-refractivity contribution in [3.05, 3.63) is 0 Å². The highest BCUT2D eigenvalue weighted by atomic mass is 16.5. The quantitative estimate of drug-likeness (QED) is 0.673. The Labute approximate surface area is 66.4 Å². The fourth-order valence-electron chi connectivity index (χ4n) is 1.56. The van der Waals surface area contributed by atoms with Crippen LogP contribution in [0, 0.1) is 5.41 Å². The first-order valence-electron chi connectivity index (χ1n) is 4.02. The number of carbonyl (C=O) groups is 1. The highest BCUT2D eigenvalue weighted by Gasteiger charge is 2.41. The molecule has 0 saturated carbocycles. The standard InChI is InChI=1S/C8H14O3/c1-2-3-8(7(9)10)4-5-11-6-8/h2-6H2,1H3,(H,9,10). The van der Waals surface area contributed by atoms with Gasteiger partial charge in [0, 0.05) is 6.61 Å². The lowest BCUT2D eigenvalue weighted by Crippen LogP contribution is -2.31. The van der Waals surface area contributed by atoms with Crippen LogP contribution in [0.15, 0.2) is 0 Å². The first-order valence-corrected chi connectivity index (χ1v) is 4.02. The van der Waals surface area contributed by atoms with Crippen molar-refractivity contribution in [1.29, 1.82) is 0 Å². The minimum Gasteiger partial charge on any atom is -0.481 e. The van der Waals surface area contributed by atoms with E-state index in [9.17, 15) is 4.79 Å². The smallest absolute Gasteiger partial charge is 0.312 e. The van der Waals surface area contributed by atoms with E-state index in [0.29, 0.717) is 19.6 Å². The lowest BCUT2D eigenvalue weighted by atomic mass is 9.83. The molecule has 1 heterocycles. The third-order valence-electron chi connectivity index (χ3n) is 2.29. The Kier molecular flexibility index (Phi) is 2.49. The second-order valence-corrected chi connectivity index (χ2v) is 3.14. The highest BCUT2D eigenvalue weighted by Crippen LogP contribution is 2.33. The molecule has 0 radical (unpaired) electrons. The highest BCUT2D eigenvalue weighted by molar-refractivity contribution is 5.75. The second kappa shape index (κ2) is 3.22. The van der Waals surface area contributed by atoms with Crippen LogP contribution < -0.4 is 0 Å². The fourth-order valence-corrected chi connectivity index (χ4v) is 1.56. The molecule has 0 aromatic heterocycles. The van der Waals surface area contributed by atoms with E-state index in [1.165, 1.54) is 0 Å². The monoisotopic (exact) mass is 158 g/mol. The van der Waals surface area contributed by atoms with Crippen molar-refractivity contribution < 1.29 is 14.6 Å². The van der Waals surface area contributed by atoms with Gasteiger partial charge in [-0.3, -0.25) is 4.79 Å². The van der Waals surface area contributed by atoms with E-state index in [-0.39, 0.29) is 0 Å². The summed E-state index contributed by atoms with van der Waals surface area (Å²) >= 11 is 0. The molecule has 0 amide bonds. The molecule has 0 aliphatic carbocycles. The van der Waals surface area contributed by atoms with E-state index in [4.69, 9.17) is 9.84 Å². The van der Waals surface area contributed by atoms with E-state index in [2.05, 4.69) is 0 Å². The first kappa shape index (κ1) is 8.53. The molecule has 3 nitrogen and oxygen atoms in total. The van der Waals surface area contributed by atoms with Crippen molar-refractivity contribution in [3.8, 4) is 0 Å². The average Bonchev–Trinajstić information content (AvgIpc) is 2.38. The van der Waals surface area contributed by atoms with Crippen molar-refractivity contribution in [2.75, 3.05) is 13.2 Å². The normalized spacial score (nSPS) is 30.6. The van der Waals surface area contributed by atoms with Gasteiger partial charge in [0.25, 0.3) is 0 Å². The van der Waals surface area contributed by atoms with Crippen molar-refractivity contribution in [2.45, 2.75) is 26.2 Å². The first-order chi connectivity index (χ1) is 5.21. The van der Waals surface area contributed by atoms with Gasteiger partial charge in [0.1, 0.15) is 0 Å². The minimum absolute atomic E-state index is 0.399. The van der Waals surface area contributed by atoms with Gasteiger partial charge < -0.3 is 9.84 Å². The summed E-state index contributed by atoms with van der Waals surface area (Å²) in [6.07, 6.45) is 2.33. The number of carboxylic acid groups (broad SMARTS) is 1. The Morgan fingerprint density at radius 1 is 1.73 bits per heavy atom. The summed E-state index contributed by atoms with van der Waals surface area (Å²) in [6, 6.07) is 0. The lowest BCUT2D eigenvalue weighted by Gasteiger charge is -2.20. The van der Waals surface area contributed by atoms with Crippen molar-refractivity contribution in [1.82, 2.24) is 0 Å². The molecule has 1 atom stereocenters. The summed E-state index contributed by atoms with van der Waals surface area (Å²) in [5.74, 6) is -0.697. The molecule has 0 spiro atoms. The fraction of sp³-hybridized carbons (Fsp3) is 0.875. The molecule has 0 aromatic rings. The Hall–Kier alpha value is -0.570. The van der Waals surface area contributed by atoms with E-state index in [1.807, 2.05) is 6.92 Å². The maximum Gasteiger partial charge on any atom is 0.312 e. The third-order valence-corrected chi connectivity index (χ3v) is 2.29. The van der Waals surface area contributed by atoms with Gasteiger partial charge in [0.15, 0.2) is 0 Å². The number of carboxylic acids is 1. The summed E-state index contributed by atoms with van der Waals surface area (Å²) < 4.78 is 5.09. The summed E-state index contributed by atoms with van der Waals surface area (Å²) in [7, 11) is 0. The summed E-state index contributed by atoms with van der Waals surface area (Å²) in [5.41, 5.74) is -0.561. The van der Waals surface area contributed by atoms with Crippen molar-refractivity contribution >= 4 is 5.97 Å². The number of aliphatic carboxylic acids is 1. The number of rotatable bonds is 3. The van der Waals surface area contributed by atoms with Crippen LogP contribution >= 0.6 is 0 Å². The van der Waals surface area contributed by atoms with Crippen LogP contribution in [0.2, 0.25) is 0 Å². The van der Waals surface area contributed by atoms with Crippen LogP contribution in [0.1, 0.15) is 26.2 Å². The predicted molar refractivity (Wildman–Crippen MR) is 40.4 cm³/mol. The van der Waals surface area contributed by atoms with E-state index in [1.54, 1.807) is 0 Å². The van der Waals surface area contributed by atoms with Crippen LogP contribution in [0.25, 0.3) is 0 Å². The third kappa shape index (κ3) is 1.53. The number of ether oxygens (including phenoxy) is 1. The van der Waals surface area contributed by atoms with Gasteiger partial charge in [0.05, 0.1) is 12.0 Å². The van der Waals surface area contributed by atoms with Crippen LogP contribution in [0.3, 0.4) is 0 Å². The molecule has 1 rings (SSSR count). The van der Waals surface area contributed by atoms with Gasteiger partial charge in [-0.25, -0.2) is 0 Å². The van der Waals surface area contributed by atoms with Gasteiger partial charge in [-0.15, -0.1) is 0 Å². The molecule has 3 heteroatoms. The van der Waals surface area contributed by atoms with E-state index < -0.39 is 11.4 Å². The molecule has 1 saturated heterocycles. The number of hydrogen-bond acceptors (Lipinski definition) is 2. The van der Waals surface area contributed by atoms with Crippen molar-refractivity contribution in [3.63, 3.8) is 0 Å². The van der Waals surface area contributed by atoms with Gasteiger partial charge >= 0.3 is 5.97 Å². The summed E-state index contributed by atoms with van der Waals surface area (Å²) in [6.45, 7) is 3.01. The Morgan fingerprint density at radius 3 is 2.82 bits per heavy atom. The largest absolute Gasteiger partial charge is 0.481 e. The SMILES string of the molecule is CCCC1(C(=O)O)CCOC1. The van der Waals surface area contributed by atoms with Gasteiger partial charge in [-0.2, -0.15) is 0 Å². The van der Waals surface area contributed by atoms with Gasteiger partial charge in [-0.1, -0.05) is 13.3 Å². The molecule has 11 heavy (non-hydrogen) atoms. The zero-order valence-corrected chi connectivity index (χ0v) is 6.80. The molecule has 1 aliphatic heterocycles. The average molecular weight is 158 g/mol. The predicted octanol–water partition coefficient (Wildman–Crippen LogP) is 1.28. The van der Waals surface area contributed by atoms with Crippen LogP contribution in [-0.4, -0.2) is 24.3 Å². The van der Waals surface area contributed by atoms with E-state index >= 15 is 0 Å². The molecule has 1 N–H and O–H groups in total. The minimum atomic E-state index is -0.697. The van der Waals surface area contributed by atoms with Crippen LogP contribution in [0.4, 0.5) is 0 Å². The Bertz CT molecular complexity index is 147. The van der Waals surface area contributed by atoms with Gasteiger partial charge in [-0.05, 0) is 12.8 Å². The molecule has 1 fully saturated rings. The number of hydrogen-bond donors (Lipinski definition) is 1. The maximum atomic E-state index is 10.8. The molecule has 0 bridgehead atoms. The molecular weight excluding hydrogens is 144 g/mol. The molecule has 1 unspecified atom stereocenters. The van der Waals surface area contributed by atoms with Crippen LogP contribution in [-0.2, 0) is 9.53 Å². The van der Waals surface area contributed by atoms with Crippen molar-refractivity contribution in [2.24, 2.45) is 5.41 Å². The zero-order valence-electron chi connectivity index (χ0n) is 6.80. The second-order valence-electron chi connectivity index (χ2n) is 3.14. The maximum absolute atomic E-state index is 10.8. The topological polar surface area (TPSA) is 46.5 Å². The molecular formula is C8H14O3. The molecule has 64 valence electrons. The molecule has 0 aromatic carbocycles. The Morgan fingerprint density at radius 2 is 2.45 bits per heavy atom. The summed E-state index contributed by atoms with van der Waals surface area (Å²) in [5, 5.41) is 8.91. The summed E-state index contributed by atoms with van der Waals surface area (Å²) in [4.78, 5) is 10.8. The lowest BCUT2D eigenvalue weighted by molar-refractivity contribution is -0.149. The molecule has 1 aliphatic rings.